The van der Waals surface area contributed by atoms with E-state index in [2.05, 4.69) is 245 Å². The summed E-state index contributed by atoms with van der Waals surface area (Å²) >= 11 is 0. The summed E-state index contributed by atoms with van der Waals surface area (Å²) in [4.78, 5) is 2.44. The number of para-hydroxylation sites is 2. The van der Waals surface area contributed by atoms with Crippen LogP contribution in [0.15, 0.2) is 231 Å². The van der Waals surface area contributed by atoms with Crippen molar-refractivity contribution in [2.45, 2.75) is 0 Å². The molecule has 0 saturated heterocycles. The smallest absolute Gasteiger partial charge is 0.252 e. The van der Waals surface area contributed by atoms with Crippen LogP contribution in [0, 0.1) is 0 Å². The first-order valence-corrected chi connectivity index (χ1v) is 23.7. The molecule has 0 radical (unpaired) electrons. The van der Waals surface area contributed by atoms with Crippen molar-refractivity contribution in [2.75, 3.05) is 4.90 Å². The third-order valence-corrected chi connectivity index (χ3v) is 15.4. The van der Waals surface area contributed by atoms with Crippen LogP contribution in [0.25, 0.3) is 110 Å². The van der Waals surface area contributed by atoms with Gasteiger partial charge in [-0.1, -0.05) is 170 Å². The van der Waals surface area contributed by atoms with Gasteiger partial charge in [0.25, 0.3) is 6.71 Å². The first kappa shape index (κ1) is 36.4. The molecule has 0 unspecified atom stereocenters. The van der Waals surface area contributed by atoms with Gasteiger partial charge in [-0.25, -0.2) is 0 Å². The molecule has 4 heteroatoms. The highest BCUT2D eigenvalue weighted by Gasteiger charge is 2.43. The summed E-state index contributed by atoms with van der Waals surface area (Å²) in [6, 6.07) is 86.3. The van der Waals surface area contributed by atoms with E-state index >= 15 is 0 Å². The van der Waals surface area contributed by atoms with Crippen LogP contribution in [0.1, 0.15) is 0 Å². The third kappa shape index (κ3) is 4.73. The molecule has 312 valence electrons. The maximum atomic E-state index is 2.66. The van der Waals surface area contributed by atoms with Crippen LogP contribution in [0.4, 0.5) is 17.1 Å². The second-order valence-electron chi connectivity index (χ2n) is 18.8. The molecule has 2 aromatic heterocycles. The fraction of sp³-hybridized carbons (Fsp3) is 0. The maximum absolute atomic E-state index is 2.66. The summed E-state index contributed by atoms with van der Waals surface area (Å²) in [5.41, 5.74) is 24.9. The minimum atomic E-state index is -0.0392. The summed E-state index contributed by atoms with van der Waals surface area (Å²) in [6.45, 7) is -0.0392. The molecule has 11 aromatic carbocycles. The Labute approximate surface area is 393 Å². The average Bonchev–Trinajstić information content (AvgIpc) is 3.89. The van der Waals surface area contributed by atoms with Crippen molar-refractivity contribution in [3.8, 4) is 55.9 Å². The van der Waals surface area contributed by atoms with Gasteiger partial charge in [0.15, 0.2) is 0 Å². The number of hydrogen-bond donors (Lipinski definition) is 0. The Morgan fingerprint density at radius 1 is 0.324 bits per heavy atom. The molecule has 1 aliphatic carbocycles. The van der Waals surface area contributed by atoms with E-state index in [-0.39, 0.29) is 6.71 Å². The molecular weight excluding hydrogens is 822 g/mol. The molecule has 0 saturated carbocycles. The molecule has 4 heterocycles. The summed E-state index contributed by atoms with van der Waals surface area (Å²) in [7, 11) is 0. The van der Waals surface area contributed by atoms with Crippen molar-refractivity contribution >= 4 is 94.5 Å². The van der Waals surface area contributed by atoms with Crippen molar-refractivity contribution in [1.82, 2.24) is 9.13 Å². The van der Waals surface area contributed by atoms with Crippen LogP contribution >= 0.6 is 0 Å². The molecule has 0 bridgehead atoms. The molecular formula is C64H38BN3. The van der Waals surface area contributed by atoms with E-state index in [0.29, 0.717) is 0 Å². The molecule has 3 aliphatic rings. The zero-order chi connectivity index (χ0) is 44.2. The lowest BCUT2D eigenvalue weighted by Crippen LogP contribution is -2.59. The second kappa shape index (κ2) is 13.4. The Kier molecular flexibility index (Phi) is 7.15. The summed E-state index contributed by atoms with van der Waals surface area (Å²) in [6.07, 6.45) is 0. The highest BCUT2D eigenvalue weighted by Crippen LogP contribution is 2.51. The van der Waals surface area contributed by atoms with E-state index in [1.165, 1.54) is 127 Å². The van der Waals surface area contributed by atoms with Crippen LogP contribution in [-0.2, 0) is 0 Å². The second-order valence-corrected chi connectivity index (χ2v) is 18.8. The third-order valence-electron chi connectivity index (χ3n) is 15.4. The number of nitrogens with zero attached hydrogens (tertiary/aromatic N) is 3. The molecule has 0 atom stereocenters. The number of hydrogen-bond acceptors (Lipinski definition) is 1. The zero-order valence-corrected chi connectivity index (χ0v) is 36.9. The Hall–Kier alpha value is -8.86. The van der Waals surface area contributed by atoms with Crippen LogP contribution in [-0.4, -0.2) is 15.8 Å². The Balaban J connectivity index is 1.12. The lowest BCUT2D eigenvalue weighted by atomic mass is 9.34. The highest BCUT2D eigenvalue weighted by atomic mass is 15.2. The van der Waals surface area contributed by atoms with Crippen molar-refractivity contribution in [3.63, 3.8) is 0 Å². The van der Waals surface area contributed by atoms with Crippen molar-refractivity contribution in [1.29, 1.82) is 0 Å². The molecule has 0 fully saturated rings. The predicted molar refractivity (Wildman–Crippen MR) is 287 cm³/mol. The Bertz CT molecular complexity index is 4260. The van der Waals surface area contributed by atoms with E-state index in [1.54, 1.807) is 0 Å². The zero-order valence-electron chi connectivity index (χ0n) is 36.9. The van der Waals surface area contributed by atoms with Gasteiger partial charge in [0.2, 0.25) is 0 Å². The van der Waals surface area contributed by atoms with E-state index in [9.17, 15) is 0 Å². The normalized spacial score (nSPS) is 12.7. The monoisotopic (exact) mass is 859 g/mol. The lowest BCUT2D eigenvalue weighted by molar-refractivity contribution is 1.13. The van der Waals surface area contributed by atoms with Crippen LogP contribution in [0.2, 0.25) is 0 Å². The van der Waals surface area contributed by atoms with Crippen LogP contribution < -0.4 is 21.3 Å². The van der Waals surface area contributed by atoms with E-state index in [1.807, 2.05) is 0 Å². The number of rotatable bonds is 5. The fourth-order valence-electron chi connectivity index (χ4n) is 12.7. The van der Waals surface area contributed by atoms with Crippen molar-refractivity contribution in [2.24, 2.45) is 0 Å². The van der Waals surface area contributed by atoms with Gasteiger partial charge in [-0.2, -0.15) is 0 Å². The van der Waals surface area contributed by atoms with Gasteiger partial charge < -0.3 is 14.0 Å². The average molecular weight is 860 g/mol. The molecule has 68 heavy (non-hydrogen) atoms. The summed E-state index contributed by atoms with van der Waals surface area (Å²) < 4.78 is 5.27. The van der Waals surface area contributed by atoms with Crippen LogP contribution in [0.5, 0.6) is 0 Å². The standard InChI is InChI=1S/C64H38BN3/c1-5-16-39(17-6-1)42-29-32-55-51(34-42)52-35-43(40-18-7-2-8-19-40)36-54-63(52)67(55)57-37-46(66(44-21-9-3-10-22-44)45-23-11-4-12-24-45)38-58-62(57)65(54)53-31-30-50-48-26-14-13-25-47(48)49-27-15-20-41-28-33-56-61(59(41)49)60(50)64(53)68(56)58/h1-38H. The minimum Gasteiger partial charge on any atom is -0.310 e. The van der Waals surface area contributed by atoms with Crippen LogP contribution in [0.3, 0.4) is 0 Å². The van der Waals surface area contributed by atoms with E-state index in [0.717, 1.165) is 17.1 Å². The topological polar surface area (TPSA) is 13.1 Å². The van der Waals surface area contributed by atoms with Gasteiger partial charge >= 0.3 is 0 Å². The largest absolute Gasteiger partial charge is 0.310 e. The first-order chi connectivity index (χ1) is 33.8. The van der Waals surface area contributed by atoms with Gasteiger partial charge in [-0.15, -0.1) is 0 Å². The van der Waals surface area contributed by atoms with Gasteiger partial charge in [-0.05, 0) is 132 Å². The first-order valence-electron chi connectivity index (χ1n) is 23.7. The SMILES string of the molecule is c1ccc(-c2ccc3c(c2)c2cc(-c4ccccc4)cc4c2n3-c2cc(N(c3ccccc3)c3ccccc3)cc3c2B4c2ccc4c5c6c7c(cccc7ccc6n-3c25)-c2ccccc2-4)cc1. The number of aromatic nitrogens is 2. The highest BCUT2D eigenvalue weighted by molar-refractivity contribution is 7.00. The Morgan fingerprint density at radius 3 is 1.59 bits per heavy atom. The summed E-state index contributed by atoms with van der Waals surface area (Å²) in [5.74, 6) is 0. The van der Waals surface area contributed by atoms with Gasteiger partial charge in [0.05, 0.1) is 22.2 Å². The molecule has 2 aliphatic heterocycles. The van der Waals surface area contributed by atoms with E-state index in [4.69, 9.17) is 0 Å². The summed E-state index contributed by atoms with van der Waals surface area (Å²) in [5, 5.41) is 7.81. The van der Waals surface area contributed by atoms with Crippen molar-refractivity contribution in [3.05, 3.63) is 231 Å². The van der Waals surface area contributed by atoms with Gasteiger partial charge in [-0.3, -0.25) is 0 Å². The predicted octanol–water partition coefficient (Wildman–Crippen LogP) is 14.6. The maximum Gasteiger partial charge on any atom is 0.252 e. The quantitative estimate of drug-likeness (QED) is 0.157. The fourth-order valence-corrected chi connectivity index (χ4v) is 12.7. The molecule has 0 spiro atoms. The molecule has 16 rings (SSSR count). The van der Waals surface area contributed by atoms with Crippen molar-refractivity contribution < 1.29 is 0 Å². The van der Waals surface area contributed by atoms with E-state index < -0.39 is 0 Å². The molecule has 0 amide bonds. The van der Waals surface area contributed by atoms with Gasteiger partial charge in [0.1, 0.15) is 0 Å². The minimum absolute atomic E-state index is 0.0392. The number of anilines is 3. The van der Waals surface area contributed by atoms with Gasteiger partial charge in [0, 0.05) is 49.8 Å². The number of benzene rings is 11. The number of fused-ring (bicyclic) bond motifs is 11. The molecule has 0 N–H and O–H groups in total. The molecule has 3 nitrogen and oxygen atoms in total. The molecule has 13 aromatic rings. The lowest BCUT2D eigenvalue weighted by Gasteiger charge is -2.36. The Morgan fingerprint density at radius 2 is 0.897 bits per heavy atom.